The lowest BCUT2D eigenvalue weighted by Gasteiger charge is -2.26. The van der Waals surface area contributed by atoms with Crippen molar-refractivity contribution in [1.82, 2.24) is 26.6 Å². The number of unbranched alkanes of at least 4 members (excludes halogenated alkanes) is 1. The summed E-state index contributed by atoms with van der Waals surface area (Å²) in [4.78, 5) is 111. The zero-order valence-corrected chi connectivity index (χ0v) is 29.2. The number of aliphatic carboxylic acids is 2. The van der Waals surface area contributed by atoms with Crippen LogP contribution < -0.4 is 49.5 Å². The SMILES string of the molecule is C[C@H](NC(=O)[C@H](Cc1ccc(O)cc1)NC(=O)[C@H](CCC(=O)O)NC(=O)[C@@H](N)CCCCN)C(=O)N[C@@H](CC(N)=O)C(=O)N[C@@H](CCC(N)=O)C(=O)O. The van der Waals surface area contributed by atoms with Crippen molar-refractivity contribution in [3.8, 4) is 5.75 Å². The topological polar surface area (TPSA) is 379 Å². The third-order valence-electron chi connectivity index (χ3n) is 7.68. The molecule has 0 radical (unpaired) electrons. The van der Waals surface area contributed by atoms with Gasteiger partial charge in [0.15, 0.2) is 0 Å². The molecular weight excluding hydrogens is 702 g/mol. The number of carboxylic acids is 2. The predicted octanol–water partition coefficient (Wildman–Crippen LogP) is -4.07. The van der Waals surface area contributed by atoms with Crippen molar-refractivity contribution in [3.63, 3.8) is 0 Å². The van der Waals surface area contributed by atoms with Crippen molar-refractivity contribution < 1.29 is 58.5 Å². The number of aromatic hydroxyl groups is 1. The summed E-state index contributed by atoms with van der Waals surface area (Å²) in [7, 11) is 0. The quantitative estimate of drug-likeness (QED) is 0.0423. The maximum absolute atomic E-state index is 13.6. The van der Waals surface area contributed by atoms with Crippen LogP contribution in [-0.4, -0.2) is 111 Å². The van der Waals surface area contributed by atoms with Crippen molar-refractivity contribution in [2.45, 2.75) is 101 Å². The first-order chi connectivity index (χ1) is 24.8. The standard InChI is InChI=1S/C32H49N9O12/c1-16(27(47)40-23(15-25(36)44)31(51)39-21(32(52)53)9-11-24(35)43)37-30(50)22(14-17-5-7-18(42)8-6-17)41-29(49)20(10-12-26(45)46)38-28(48)19(34)4-2-3-13-33/h5-8,16,19-23,42H,2-4,9-15,33-34H2,1H3,(H2,35,43)(H2,36,44)(H,37,50)(H,38,48)(H,39,51)(H,40,47)(H,41,49)(H,45,46)(H,52,53)/t16-,19-,20-,21-,22-,23-/m0/s1. The van der Waals surface area contributed by atoms with Crippen LogP contribution in [0, 0.1) is 0 Å². The maximum atomic E-state index is 13.6. The Hall–Kier alpha value is -5.83. The molecule has 0 saturated heterocycles. The summed E-state index contributed by atoms with van der Waals surface area (Å²) in [5.41, 5.74) is 22.1. The highest BCUT2D eigenvalue weighted by atomic mass is 16.4. The Labute approximate surface area is 304 Å². The molecule has 294 valence electrons. The highest BCUT2D eigenvalue weighted by molar-refractivity contribution is 5.97. The van der Waals surface area contributed by atoms with Crippen molar-refractivity contribution in [2.24, 2.45) is 22.9 Å². The summed E-state index contributed by atoms with van der Waals surface area (Å²) in [5, 5.41) is 39.9. The van der Waals surface area contributed by atoms with E-state index < -0.39 is 115 Å². The average molecular weight is 752 g/mol. The van der Waals surface area contributed by atoms with E-state index in [9.17, 15) is 58.5 Å². The number of nitrogens with one attached hydrogen (secondary N) is 5. The Balaban J connectivity index is 3.23. The summed E-state index contributed by atoms with van der Waals surface area (Å²) < 4.78 is 0. The van der Waals surface area contributed by atoms with Crippen LogP contribution in [-0.2, 0) is 49.6 Å². The Bertz CT molecular complexity index is 1470. The molecule has 7 amide bonds. The predicted molar refractivity (Wildman–Crippen MR) is 185 cm³/mol. The molecule has 0 aromatic heterocycles. The molecule has 0 aliphatic heterocycles. The van der Waals surface area contributed by atoms with Gasteiger partial charge in [-0.25, -0.2) is 4.79 Å². The van der Waals surface area contributed by atoms with Gasteiger partial charge < -0.3 is 64.8 Å². The van der Waals surface area contributed by atoms with Crippen molar-refractivity contribution >= 4 is 53.3 Å². The summed E-state index contributed by atoms with van der Waals surface area (Å²) in [6, 6.07) is -3.19. The average Bonchev–Trinajstić information content (AvgIpc) is 3.07. The van der Waals surface area contributed by atoms with Crippen LogP contribution in [0.15, 0.2) is 24.3 Å². The molecule has 0 unspecified atom stereocenters. The summed E-state index contributed by atoms with van der Waals surface area (Å²) in [5.74, 6) is -9.60. The van der Waals surface area contributed by atoms with Gasteiger partial charge in [0.25, 0.3) is 0 Å². The number of primary amides is 2. The first-order valence-electron chi connectivity index (χ1n) is 16.6. The van der Waals surface area contributed by atoms with Crippen molar-refractivity contribution in [3.05, 3.63) is 29.8 Å². The molecule has 0 fully saturated rings. The molecular formula is C32H49N9O12. The normalized spacial score (nSPS) is 14.2. The molecule has 1 aromatic carbocycles. The highest BCUT2D eigenvalue weighted by Gasteiger charge is 2.32. The Morgan fingerprint density at radius 1 is 0.642 bits per heavy atom. The molecule has 53 heavy (non-hydrogen) atoms. The van der Waals surface area contributed by atoms with E-state index in [1.807, 2.05) is 0 Å². The van der Waals surface area contributed by atoms with Crippen LogP contribution in [0.3, 0.4) is 0 Å². The molecule has 1 rings (SSSR count). The lowest BCUT2D eigenvalue weighted by Crippen LogP contribution is -2.59. The summed E-state index contributed by atoms with van der Waals surface area (Å²) in [6.45, 7) is 1.57. The summed E-state index contributed by atoms with van der Waals surface area (Å²) >= 11 is 0. The van der Waals surface area contributed by atoms with E-state index in [0.717, 1.165) is 0 Å². The van der Waals surface area contributed by atoms with E-state index in [1.54, 1.807) is 0 Å². The minimum atomic E-state index is -1.71. The van der Waals surface area contributed by atoms with Gasteiger partial charge >= 0.3 is 11.9 Å². The van der Waals surface area contributed by atoms with Gasteiger partial charge in [-0.3, -0.25) is 38.4 Å². The number of amides is 7. The minimum absolute atomic E-state index is 0.0968. The number of carbonyl (C=O) groups is 9. The van der Waals surface area contributed by atoms with Gasteiger partial charge in [-0.05, 0) is 56.8 Å². The van der Waals surface area contributed by atoms with E-state index in [4.69, 9.17) is 22.9 Å². The largest absolute Gasteiger partial charge is 0.508 e. The van der Waals surface area contributed by atoms with Gasteiger partial charge in [0.05, 0.1) is 12.5 Å². The number of carbonyl (C=O) groups excluding carboxylic acids is 7. The lowest BCUT2D eigenvalue weighted by atomic mass is 10.0. The molecule has 0 heterocycles. The first-order valence-corrected chi connectivity index (χ1v) is 16.6. The number of hydrogen-bond donors (Lipinski definition) is 12. The van der Waals surface area contributed by atoms with E-state index in [0.29, 0.717) is 24.9 Å². The van der Waals surface area contributed by atoms with Crippen molar-refractivity contribution in [2.75, 3.05) is 6.54 Å². The van der Waals surface area contributed by atoms with Crippen molar-refractivity contribution in [1.29, 1.82) is 0 Å². The fraction of sp³-hybridized carbons (Fsp3) is 0.531. The first kappa shape index (κ1) is 45.2. The lowest BCUT2D eigenvalue weighted by molar-refractivity contribution is -0.143. The Morgan fingerprint density at radius 2 is 1.17 bits per heavy atom. The summed E-state index contributed by atoms with van der Waals surface area (Å²) in [6.07, 6.45) is -1.35. The van der Waals surface area contributed by atoms with Gasteiger partial charge in [-0.2, -0.15) is 0 Å². The monoisotopic (exact) mass is 751 g/mol. The molecule has 1 aromatic rings. The Morgan fingerprint density at radius 3 is 1.72 bits per heavy atom. The zero-order valence-electron chi connectivity index (χ0n) is 29.2. The molecule has 21 heteroatoms. The fourth-order valence-corrected chi connectivity index (χ4v) is 4.71. The molecule has 21 nitrogen and oxygen atoms in total. The van der Waals surface area contributed by atoms with Gasteiger partial charge in [-0.15, -0.1) is 0 Å². The smallest absolute Gasteiger partial charge is 0.326 e. The number of phenolic OH excluding ortho intramolecular Hbond substituents is 1. The molecule has 0 spiro atoms. The van der Waals surface area contributed by atoms with Crippen LogP contribution in [0.4, 0.5) is 0 Å². The number of rotatable bonds is 25. The van der Waals surface area contributed by atoms with E-state index in [2.05, 4.69) is 26.6 Å². The van der Waals surface area contributed by atoms with Crippen LogP contribution in [0.2, 0.25) is 0 Å². The number of carboxylic acid groups (broad SMARTS) is 2. The molecule has 16 N–H and O–H groups in total. The van der Waals surface area contributed by atoms with E-state index in [-0.39, 0.29) is 25.0 Å². The van der Waals surface area contributed by atoms with Gasteiger partial charge in [0, 0.05) is 19.3 Å². The van der Waals surface area contributed by atoms with Crippen LogP contribution in [0.5, 0.6) is 5.75 Å². The molecule has 6 atom stereocenters. The third kappa shape index (κ3) is 17.8. The minimum Gasteiger partial charge on any atom is -0.508 e. The molecule has 0 saturated carbocycles. The molecule has 0 aliphatic rings. The maximum Gasteiger partial charge on any atom is 0.326 e. The number of hydrogen-bond acceptors (Lipinski definition) is 12. The van der Waals surface area contributed by atoms with E-state index in [1.165, 1.54) is 31.2 Å². The van der Waals surface area contributed by atoms with E-state index >= 15 is 0 Å². The third-order valence-corrected chi connectivity index (χ3v) is 7.68. The van der Waals surface area contributed by atoms with Crippen LogP contribution >= 0.6 is 0 Å². The van der Waals surface area contributed by atoms with Gasteiger partial charge in [0.1, 0.15) is 36.0 Å². The second kappa shape index (κ2) is 22.9. The number of phenols is 1. The number of benzene rings is 1. The molecule has 0 bridgehead atoms. The highest BCUT2D eigenvalue weighted by Crippen LogP contribution is 2.12. The van der Waals surface area contributed by atoms with Gasteiger partial charge in [-0.1, -0.05) is 18.6 Å². The second-order valence-electron chi connectivity index (χ2n) is 12.2. The second-order valence-corrected chi connectivity index (χ2v) is 12.2. The number of nitrogens with two attached hydrogens (primary N) is 4. The fourth-order valence-electron chi connectivity index (χ4n) is 4.71. The van der Waals surface area contributed by atoms with Gasteiger partial charge in [0.2, 0.25) is 41.4 Å². The van der Waals surface area contributed by atoms with Crippen LogP contribution in [0.25, 0.3) is 0 Å². The zero-order chi connectivity index (χ0) is 40.2. The van der Waals surface area contributed by atoms with Crippen LogP contribution in [0.1, 0.15) is 63.9 Å². The molecule has 0 aliphatic carbocycles. The Kier molecular flexibility index (Phi) is 19.5.